The summed E-state index contributed by atoms with van der Waals surface area (Å²) in [5, 5.41) is 2.62. The quantitative estimate of drug-likeness (QED) is 0.928. The van der Waals surface area contributed by atoms with Crippen molar-refractivity contribution in [1.29, 1.82) is 0 Å². The van der Waals surface area contributed by atoms with E-state index in [0.717, 1.165) is 5.69 Å². The Kier molecular flexibility index (Phi) is 4.38. The number of ether oxygens (including phenoxy) is 1. The van der Waals surface area contributed by atoms with Crippen LogP contribution in [0.2, 0.25) is 0 Å². The number of aromatic nitrogens is 1. The predicted molar refractivity (Wildman–Crippen MR) is 86.6 cm³/mol. The second-order valence-electron chi connectivity index (χ2n) is 5.62. The number of carbonyl (C=O) groups is 1. The van der Waals surface area contributed by atoms with E-state index in [1.807, 2.05) is 41.2 Å². The highest BCUT2D eigenvalue weighted by molar-refractivity contribution is 7.91. The molecule has 0 saturated carbocycles. The zero-order chi connectivity index (χ0) is 16.3. The molecule has 3 rings (SSSR count). The summed E-state index contributed by atoms with van der Waals surface area (Å²) in [6.07, 6.45) is 3.88. The van der Waals surface area contributed by atoms with Gasteiger partial charge in [0, 0.05) is 24.6 Å². The Balaban J connectivity index is 1.50. The van der Waals surface area contributed by atoms with Gasteiger partial charge in [0.25, 0.3) is 0 Å². The molecule has 1 aromatic heterocycles. The Hall–Kier alpha value is -2.28. The van der Waals surface area contributed by atoms with Crippen LogP contribution in [-0.2, 0) is 9.84 Å². The number of sulfone groups is 1. The van der Waals surface area contributed by atoms with Gasteiger partial charge in [0.15, 0.2) is 9.84 Å². The minimum atomic E-state index is -2.92. The number of amides is 1. The van der Waals surface area contributed by atoms with Crippen molar-refractivity contribution in [2.45, 2.75) is 6.42 Å². The van der Waals surface area contributed by atoms with Crippen molar-refractivity contribution in [1.82, 2.24) is 9.88 Å². The molecule has 1 aliphatic heterocycles. The van der Waals surface area contributed by atoms with Crippen molar-refractivity contribution < 1.29 is 17.9 Å². The molecule has 2 heterocycles. The van der Waals surface area contributed by atoms with Gasteiger partial charge < -0.3 is 14.6 Å². The lowest BCUT2D eigenvalue weighted by molar-refractivity contribution is 0.199. The van der Waals surface area contributed by atoms with Gasteiger partial charge in [-0.25, -0.2) is 13.2 Å². The van der Waals surface area contributed by atoms with Gasteiger partial charge in [-0.15, -0.1) is 0 Å². The molecule has 1 amide bonds. The zero-order valence-electron chi connectivity index (χ0n) is 12.5. The van der Waals surface area contributed by atoms with E-state index in [2.05, 4.69) is 5.32 Å². The Labute approximate surface area is 135 Å². The maximum absolute atomic E-state index is 11.8. The fraction of sp³-hybridized carbons (Fsp3) is 0.312. The lowest BCUT2D eigenvalue weighted by Gasteiger charge is -2.10. The van der Waals surface area contributed by atoms with Gasteiger partial charge in [-0.1, -0.05) is 0 Å². The number of hydrogen-bond acceptors (Lipinski definition) is 4. The number of hydrogen-bond donors (Lipinski definition) is 1. The SMILES string of the molecule is O=C(NC[C@H]1CCS(=O)(=O)C1)Oc1ccc(-n2cccc2)cc1. The first-order valence-corrected chi connectivity index (χ1v) is 9.23. The first-order chi connectivity index (χ1) is 11.0. The van der Waals surface area contributed by atoms with Gasteiger partial charge in [0.05, 0.1) is 11.5 Å². The Morgan fingerprint density at radius 1 is 1.22 bits per heavy atom. The third kappa shape index (κ3) is 4.13. The summed E-state index contributed by atoms with van der Waals surface area (Å²) >= 11 is 0. The maximum Gasteiger partial charge on any atom is 0.412 e. The maximum atomic E-state index is 11.8. The van der Waals surface area contributed by atoms with Crippen LogP contribution in [0.15, 0.2) is 48.8 Å². The molecule has 1 fully saturated rings. The van der Waals surface area contributed by atoms with E-state index in [1.54, 1.807) is 12.1 Å². The molecule has 122 valence electrons. The molecule has 0 spiro atoms. The van der Waals surface area contributed by atoms with E-state index in [9.17, 15) is 13.2 Å². The van der Waals surface area contributed by atoms with Crippen molar-refractivity contribution in [2.24, 2.45) is 5.92 Å². The second-order valence-corrected chi connectivity index (χ2v) is 7.85. The van der Waals surface area contributed by atoms with E-state index < -0.39 is 15.9 Å². The third-order valence-corrected chi connectivity index (χ3v) is 5.65. The van der Waals surface area contributed by atoms with E-state index >= 15 is 0 Å². The molecule has 0 aliphatic carbocycles. The molecule has 0 unspecified atom stereocenters. The van der Waals surface area contributed by atoms with Crippen molar-refractivity contribution in [2.75, 3.05) is 18.1 Å². The minimum absolute atomic E-state index is 0.0244. The van der Waals surface area contributed by atoms with Gasteiger partial charge >= 0.3 is 6.09 Å². The molecular weight excluding hydrogens is 316 g/mol. The van der Waals surface area contributed by atoms with Gasteiger partial charge in [-0.3, -0.25) is 0 Å². The molecule has 6 nitrogen and oxygen atoms in total. The Bertz CT molecular complexity index is 767. The molecule has 1 atom stereocenters. The topological polar surface area (TPSA) is 77.4 Å². The van der Waals surface area contributed by atoms with Gasteiger partial charge in [-0.2, -0.15) is 0 Å². The fourth-order valence-corrected chi connectivity index (χ4v) is 4.46. The second kappa shape index (κ2) is 6.45. The third-order valence-electron chi connectivity index (χ3n) is 3.81. The van der Waals surface area contributed by atoms with E-state index in [4.69, 9.17) is 4.74 Å². The largest absolute Gasteiger partial charge is 0.412 e. The first kappa shape index (κ1) is 15.6. The number of nitrogens with zero attached hydrogens (tertiary/aromatic N) is 1. The monoisotopic (exact) mass is 334 g/mol. The lowest BCUT2D eigenvalue weighted by atomic mass is 10.1. The number of rotatable bonds is 4. The normalized spacial score (nSPS) is 19.4. The molecular formula is C16H18N2O4S. The highest BCUT2D eigenvalue weighted by atomic mass is 32.2. The van der Waals surface area contributed by atoms with Crippen molar-refractivity contribution in [3.8, 4) is 11.4 Å². The number of benzene rings is 1. The van der Waals surface area contributed by atoms with Crippen LogP contribution in [0.1, 0.15) is 6.42 Å². The molecule has 23 heavy (non-hydrogen) atoms. The molecule has 7 heteroatoms. The molecule has 0 bridgehead atoms. The minimum Gasteiger partial charge on any atom is -0.410 e. The average Bonchev–Trinajstić information content (AvgIpc) is 3.15. The van der Waals surface area contributed by atoms with Crippen LogP contribution in [0.5, 0.6) is 5.75 Å². The van der Waals surface area contributed by atoms with Crippen molar-refractivity contribution in [3.05, 3.63) is 48.8 Å². The number of nitrogens with one attached hydrogen (secondary N) is 1. The molecule has 2 aromatic rings. The highest BCUT2D eigenvalue weighted by Crippen LogP contribution is 2.18. The van der Waals surface area contributed by atoms with E-state index in [-0.39, 0.29) is 17.4 Å². The smallest absolute Gasteiger partial charge is 0.410 e. The fourth-order valence-electron chi connectivity index (χ4n) is 2.60. The standard InChI is InChI=1S/C16H18N2O4S/c19-16(17-11-13-7-10-23(20,21)12-13)22-15-5-3-14(4-6-15)18-8-1-2-9-18/h1-6,8-9,13H,7,10-12H2,(H,17,19)/t13-/m1/s1. The van der Waals surface area contributed by atoms with E-state index in [0.29, 0.717) is 18.7 Å². The summed E-state index contributed by atoms with van der Waals surface area (Å²) in [5.41, 5.74) is 0.971. The van der Waals surface area contributed by atoms with Crippen LogP contribution < -0.4 is 10.1 Å². The Morgan fingerprint density at radius 2 is 1.91 bits per heavy atom. The summed E-state index contributed by atoms with van der Waals surface area (Å²) in [6, 6.07) is 11.0. The van der Waals surface area contributed by atoms with Crippen LogP contribution >= 0.6 is 0 Å². The summed E-state index contributed by atoms with van der Waals surface area (Å²) in [5.74, 6) is 0.759. The van der Waals surface area contributed by atoms with Crippen LogP contribution in [0.3, 0.4) is 0 Å². The predicted octanol–water partition coefficient (Wildman–Crippen LogP) is 2.00. The summed E-state index contributed by atoms with van der Waals surface area (Å²) in [6.45, 7) is 0.319. The van der Waals surface area contributed by atoms with Gasteiger partial charge in [0.2, 0.25) is 0 Å². The Morgan fingerprint density at radius 3 is 2.52 bits per heavy atom. The van der Waals surface area contributed by atoms with E-state index in [1.165, 1.54) is 0 Å². The summed E-state index contributed by atoms with van der Waals surface area (Å²) in [4.78, 5) is 11.8. The van der Waals surface area contributed by atoms with Gasteiger partial charge in [-0.05, 0) is 48.7 Å². The molecule has 1 aliphatic rings. The molecule has 1 aromatic carbocycles. The van der Waals surface area contributed by atoms with Crippen LogP contribution in [0.25, 0.3) is 5.69 Å². The first-order valence-electron chi connectivity index (χ1n) is 7.41. The van der Waals surface area contributed by atoms with Crippen LogP contribution in [0, 0.1) is 5.92 Å². The number of carbonyl (C=O) groups excluding carboxylic acids is 1. The van der Waals surface area contributed by atoms with Crippen LogP contribution in [-0.4, -0.2) is 37.1 Å². The lowest BCUT2D eigenvalue weighted by Crippen LogP contribution is -2.32. The summed E-state index contributed by atoms with van der Waals surface area (Å²) in [7, 11) is -2.92. The highest BCUT2D eigenvalue weighted by Gasteiger charge is 2.28. The summed E-state index contributed by atoms with van der Waals surface area (Å²) < 4.78 is 29.9. The van der Waals surface area contributed by atoms with Crippen molar-refractivity contribution >= 4 is 15.9 Å². The molecule has 1 saturated heterocycles. The average molecular weight is 334 g/mol. The van der Waals surface area contributed by atoms with Gasteiger partial charge in [0.1, 0.15) is 5.75 Å². The molecule has 1 N–H and O–H groups in total. The zero-order valence-corrected chi connectivity index (χ0v) is 13.3. The van der Waals surface area contributed by atoms with Crippen molar-refractivity contribution in [3.63, 3.8) is 0 Å². The molecule has 0 radical (unpaired) electrons. The van der Waals surface area contributed by atoms with Crippen LogP contribution in [0.4, 0.5) is 4.79 Å².